The zero-order valence-corrected chi connectivity index (χ0v) is 10.1. The van der Waals surface area contributed by atoms with Crippen LogP contribution in [0, 0.1) is 0 Å². The summed E-state index contributed by atoms with van der Waals surface area (Å²) in [6.45, 7) is 2.03. The average Bonchev–Trinajstić information content (AvgIpc) is 2.92. The van der Waals surface area contributed by atoms with E-state index in [2.05, 4.69) is 5.32 Å². The van der Waals surface area contributed by atoms with Crippen molar-refractivity contribution in [2.24, 2.45) is 0 Å². The number of amides is 1. The number of carboxylic acid groups (broad SMARTS) is 1. The molecule has 2 atom stereocenters. The van der Waals surface area contributed by atoms with Gasteiger partial charge in [-0.05, 0) is 39.0 Å². The number of hydrogen-bond acceptors (Lipinski definition) is 3. The van der Waals surface area contributed by atoms with E-state index in [-0.39, 0.29) is 18.1 Å². The zero-order chi connectivity index (χ0) is 12.5. The maximum absolute atomic E-state index is 11.6. The zero-order valence-electron chi connectivity index (χ0n) is 10.1. The van der Waals surface area contributed by atoms with Crippen molar-refractivity contribution in [1.82, 2.24) is 5.32 Å². The van der Waals surface area contributed by atoms with E-state index in [9.17, 15) is 9.59 Å². The molecule has 1 aliphatic carbocycles. The largest absolute Gasteiger partial charge is 0.480 e. The second kappa shape index (κ2) is 4.64. The van der Waals surface area contributed by atoms with Crippen LogP contribution in [-0.4, -0.2) is 34.7 Å². The van der Waals surface area contributed by atoms with Gasteiger partial charge < -0.3 is 15.2 Å². The summed E-state index contributed by atoms with van der Waals surface area (Å²) in [7, 11) is 0. The lowest BCUT2D eigenvalue weighted by Crippen LogP contribution is -2.43. The molecule has 2 unspecified atom stereocenters. The predicted molar refractivity (Wildman–Crippen MR) is 60.5 cm³/mol. The number of aliphatic carboxylic acids is 1. The van der Waals surface area contributed by atoms with E-state index in [1.54, 1.807) is 0 Å². The van der Waals surface area contributed by atoms with Crippen molar-refractivity contribution in [1.29, 1.82) is 0 Å². The molecule has 2 fully saturated rings. The third-order valence-electron chi connectivity index (χ3n) is 3.55. The summed E-state index contributed by atoms with van der Waals surface area (Å²) in [5.74, 6) is -1.09. The molecule has 0 aromatic heterocycles. The van der Waals surface area contributed by atoms with Gasteiger partial charge in [0.1, 0.15) is 5.54 Å². The molecule has 0 radical (unpaired) electrons. The Morgan fingerprint density at radius 2 is 2.12 bits per heavy atom. The second-order valence-corrected chi connectivity index (χ2v) is 5.12. The molecule has 1 heterocycles. The van der Waals surface area contributed by atoms with Crippen LogP contribution >= 0.6 is 0 Å². The Labute approximate surface area is 101 Å². The molecule has 1 saturated heterocycles. The second-order valence-electron chi connectivity index (χ2n) is 5.12. The molecule has 2 rings (SSSR count). The summed E-state index contributed by atoms with van der Waals surface area (Å²) in [6, 6.07) is 0. The van der Waals surface area contributed by atoms with Gasteiger partial charge in [-0.3, -0.25) is 4.79 Å². The molecule has 1 amide bonds. The van der Waals surface area contributed by atoms with E-state index in [1.807, 2.05) is 6.92 Å². The Kier molecular flexibility index (Phi) is 3.38. The lowest BCUT2D eigenvalue weighted by Gasteiger charge is -2.14. The van der Waals surface area contributed by atoms with Crippen molar-refractivity contribution in [3.05, 3.63) is 0 Å². The van der Waals surface area contributed by atoms with Crippen molar-refractivity contribution in [2.75, 3.05) is 0 Å². The van der Waals surface area contributed by atoms with Gasteiger partial charge in [0, 0.05) is 6.42 Å². The van der Waals surface area contributed by atoms with Crippen LogP contribution < -0.4 is 5.32 Å². The monoisotopic (exact) mass is 241 g/mol. The smallest absolute Gasteiger partial charge is 0.329 e. The quantitative estimate of drug-likeness (QED) is 0.755. The molecule has 0 aromatic carbocycles. The molecular weight excluding hydrogens is 222 g/mol. The molecule has 0 bridgehead atoms. The third-order valence-corrected chi connectivity index (χ3v) is 3.55. The summed E-state index contributed by atoms with van der Waals surface area (Å²) in [5, 5.41) is 11.5. The minimum atomic E-state index is -0.957. The minimum absolute atomic E-state index is 0.163. The summed E-state index contributed by atoms with van der Waals surface area (Å²) >= 11 is 0. The number of hydrogen-bond donors (Lipinski definition) is 2. The normalized spacial score (nSPS) is 29.9. The molecule has 17 heavy (non-hydrogen) atoms. The van der Waals surface area contributed by atoms with Gasteiger partial charge >= 0.3 is 5.97 Å². The molecule has 5 heteroatoms. The molecule has 0 aromatic rings. The fraction of sp³-hybridized carbons (Fsp3) is 0.833. The SMILES string of the molecule is CC1CCC(CCC(=O)NC2(C(=O)O)CC2)O1. The van der Waals surface area contributed by atoms with Gasteiger partial charge in [-0.1, -0.05) is 0 Å². The van der Waals surface area contributed by atoms with E-state index in [0.29, 0.717) is 25.7 Å². The van der Waals surface area contributed by atoms with Crippen LogP contribution in [0.15, 0.2) is 0 Å². The van der Waals surface area contributed by atoms with E-state index in [1.165, 1.54) is 0 Å². The van der Waals surface area contributed by atoms with Gasteiger partial charge in [-0.15, -0.1) is 0 Å². The summed E-state index contributed by atoms with van der Waals surface area (Å²) in [5.41, 5.74) is -0.957. The molecule has 2 N–H and O–H groups in total. The van der Waals surface area contributed by atoms with Crippen LogP contribution in [0.3, 0.4) is 0 Å². The van der Waals surface area contributed by atoms with Crippen LogP contribution in [0.1, 0.15) is 45.4 Å². The number of carboxylic acids is 1. The van der Waals surface area contributed by atoms with Crippen LogP contribution in [-0.2, 0) is 14.3 Å². The topological polar surface area (TPSA) is 75.6 Å². The fourth-order valence-corrected chi connectivity index (χ4v) is 2.24. The first-order valence-corrected chi connectivity index (χ1v) is 6.22. The molecule has 1 saturated carbocycles. The third kappa shape index (κ3) is 2.97. The van der Waals surface area contributed by atoms with Crippen LogP contribution in [0.5, 0.6) is 0 Å². The number of carbonyl (C=O) groups excluding carboxylic acids is 1. The Hall–Kier alpha value is -1.10. The van der Waals surface area contributed by atoms with Gasteiger partial charge in [0.2, 0.25) is 5.91 Å². The fourth-order valence-electron chi connectivity index (χ4n) is 2.24. The van der Waals surface area contributed by atoms with Crippen LogP contribution in [0.25, 0.3) is 0 Å². The Balaban J connectivity index is 1.70. The molecule has 0 spiro atoms. The highest BCUT2D eigenvalue weighted by Crippen LogP contribution is 2.35. The summed E-state index contributed by atoms with van der Waals surface area (Å²) in [4.78, 5) is 22.5. The van der Waals surface area contributed by atoms with Gasteiger partial charge in [0.25, 0.3) is 0 Å². The maximum atomic E-state index is 11.6. The standard InChI is InChI=1S/C12H19NO4/c1-8-2-3-9(17-8)4-5-10(14)13-12(6-7-12)11(15)16/h8-9H,2-7H2,1H3,(H,13,14)(H,15,16). The summed E-state index contributed by atoms with van der Waals surface area (Å²) < 4.78 is 5.61. The van der Waals surface area contributed by atoms with Crippen molar-refractivity contribution >= 4 is 11.9 Å². The first-order chi connectivity index (χ1) is 8.02. The van der Waals surface area contributed by atoms with Crippen molar-refractivity contribution in [2.45, 2.75) is 63.2 Å². The number of ether oxygens (including phenoxy) is 1. The Morgan fingerprint density at radius 1 is 1.41 bits per heavy atom. The first-order valence-electron chi connectivity index (χ1n) is 6.22. The molecular formula is C12H19NO4. The number of carbonyl (C=O) groups is 2. The number of nitrogens with one attached hydrogen (secondary N) is 1. The van der Waals surface area contributed by atoms with Crippen molar-refractivity contribution < 1.29 is 19.4 Å². The Bertz CT molecular complexity index is 324. The van der Waals surface area contributed by atoms with Gasteiger partial charge in [0.15, 0.2) is 0 Å². The van der Waals surface area contributed by atoms with Crippen LogP contribution in [0.2, 0.25) is 0 Å². The maximum Gasteiger partial charge on any atom is 0.329 e. The molecule has 5 nitrogen and oxygen atoms in total. The van der Waals surface area contributed by atoms with Gasteiger partial charge in [-0.2, -0.15) is 0 Å². The first kappa shape index (κ1) is 12.4. The van der Waals surface area contributed by atoms with Gasteiger partial charge in [-0.25, -0.2) is 4.79 Å². The molecule has 96 valence electrons. The van der Waals surface area contributed by atoms with E-state index < -0.39 is 11.5 Å². The van der Waals surface area contributed by atoms with E-state index in [4.69, 9.17) is 9.84 Å². The number of rotatable bonds is 5. The Morgan fingerprint density at radius 3 is 2.59 bits per heavy atom. The molecule has 1 aliphatic heterocycles. The van der Waals surface area contributed by atoms with E-state index >= 15 is 0 Å². The predicted octanol–water partition coefficient (Wildman–Crippen LogP) is 1.07. The lowest BCUT2D eigenvalue weighted by molar-refractivity contribution is -0.143. The highest BCUT2D eigenvalue weighted by Gasteiger charge is 2.51. The van der Waals surface area contributed by atoms with Crippen molar-refractivity contribution in [3.63, 3.8) is 0 Å². The van der Waals surface area contributed by atoms with Gasteiger partial charge in [0.05, 0.1) is 12.2 Å². The van der Waals surface area contributed by atoms with Crippen molar-refractivity contribution in [3.8, 4) is 0 Å². The lowest BCUT2D eigenvalue weighted by atomic mass is 10.1. The average molecular weight is 241 g/mol. The highest BCUT2D eigenvalue weighted by molar-refractivity contribution is 5.89. The molecule has 2 aliphatic rings. The highest BCUT2D eigenvalue weighted by atomic mass is 16.5. The van der Waals surface area contributed by atoms with E-state index in [0.717, 1.165) is 12.8 Å². The minimum Gasteiger partial charge on any atom is -0.480 e. The summed E-state index contributed by atoms with van der Waals surface area (Å²) in [6.07, 6.45) is 4.63. The van der Waals surface area contributed by atoms with Crippen LogP contribution in [0.4, 0.5) is 0 Å².